The minimum atomic E-state index is -0.0517. The van der Waals surface area contributed by atoms with Crippen LogP contribution in [0.15, 0.2) is 78.4 Å². The molecular weight excluding hydrogens is 288 g/mol. The summed E-state index contributed by atoms with van der Waals surface area (Å²) in [6.07, 6.45) is 9.07. The lowest BCUT2D eigenvalue weighted by atomic mass is 9.68. The standard InChI is InChI=1S/C24H28/c1-5-12-19(13-6-2)24(20-14-8-7-9-15-20)18-23(3,4)21-16-10-11-17-22(21)24/h5,7-17H,6,18H2,1-4H3/b12-5-,19-13+. The number of allylic oxidation sites excluding steroid dienone is 4. The summed E-state index contributed by atoms with van der Waals surface area (Å²) in [5, 5.41) is 0. The molecule has 124 valence electrons. The third-order valence-electron chi connectivity index (χ3n) is 5.35. The van der Waals surface area contributed by atoms with Crippen LogP contribution in [0.4, 0.5) is 0 Å². The van der Waals surface area contributed by atoms with Crippen LogP contribution in [-0.2, 0) is 10.8 Å². The van der Waals surface area contributed by atoms with E-state index < -0.39 is 0 Å². The first-order valence-electron chi connectivity index (χ1n) is 9.05. The smallest absolute Gasteiger partial charge is 0.0459 e. The van der Waals surface area contributed by atoms with Gasteiger partial charge in [-0.2, -0.15) is 0 Å². The zero-order valence-electron chi connectivity index (χ0n) is 15.3. The molecule has 0 bridgehead atoms. The predicted octanol–water partition coefficient (Wildman–Crippen LogP) is 6.57. The second-order valence-corrected chi connectivity index (χ2v) is 7.45. The van der Waals surface area contributed by atoms with Crippen molar-refractivity contribution in [1.82, 2.24) is 0 Å². The number of rotatable bonds is 4. The summed E-state index contributed by atoms with van der Waals surface area (Å²) in [4.78, 5) is 0. The van der Waals surface area contributed by atoms with Gasteiger partial charge in [-0.25, -0.2) is 0 Å². The van der Waals surface area contributed by atoms with Gasteiger partial charge in [0.05, 0.1) is 0 Å². The Bertz CT molecular complexity index is 762. The van der Waals surface area contributed by atoms with Gasteiger partial charge < -0.3 is 0 Å². The fraction of sp³-hybridized carbons (Fsp3) is 0.333. The Balaban J connectivity index is 2.36. The zero-order valence-corrected chi connectivity index (χ0v) is 15.3. The van der Waals surface area contributed by atoms with Crippen molar-refractivity contribution in [3.8, 4) is 0 Å². The van der Waals surface area contributed by atoms with Crippen LogP contribution in [0, 0.1) is 0 Å². The van der Waals surface area contributed by atoms with Crippen molar-refractivity contribution in [3.05, 3.63) is 95.1 Å². The van der Waals surface area contributed by atoms with Gasteiger partial charge in [-0.1, -0.05) is 93.6 Å². The maximum atomic E-state index is 2.41. The van der Waals surface area contributed by atoms with Crippen LogP contribution in [-0.4, -0.2) is 0 Å². The molecule has 0 heterocycles. The summed E-state index contributed by atoms with van der Waals surface area (Å²) in [7, 11) is 0. The Morgan fingerprint density at radius 2 is 1.58 bits per heavy atom. The molecule has 0 saturated carbocycles. The van der Waals surface area contributed by atoms with Gasteiger partial charge in [0.25, 0.3) is 0 Å². The molecule has 2 aromatic rings. The molecule has 3 rings (SSSR count). The zero-order chi connectivity index (χ0) is 17.2. The van der Waals surface area contributed by atoms with Crippen molar-refractivity contribution in [2.45, 2.75) is 51.4 Å². The molecule has 0 amide bonds. The van der Waals surface area contributed by atoms with Gasteiger partial charge >= 0.3 is 0 Å². The summed E-state index contributed by atoms with van der Waals surface area (Å²) in [6, 6.07) is 20.1. The quantitative estimate of drug-likeness (QED) is 0.560. The number of hydrogen-bond acceptors (Lipinski definition) is 0. The van der Waals surface area contributed by atoms with E-state index >= 15 is 0 Å². The Morgan fingerprint density at radius 3 is 2.21 bits per heavy atom. The number of hydrogen-bond donors (Lipinski definition) is 0. The third kappa shape index (κ3) is 2.55. The molecule has 1 aliphatic carbocycles. The lowest BCUT2D eigenvalue weighted by Crippen LogP contribution is -2.29. The molecule has 24 heavy (non-hydrogen) atoms. The van der Waals surface area contributed by atoms with E-state index in [9.17, 15) is 0 Å². The van der Waals surface area contributed by atoms with Crippen LogP contribution in [0.3, 0.4) is 0 Å². The molecule has 0 radical (unpaired) electrons. The van der Waals surface area contributed by atoms with Crippen LogP contribution in [0.25, 0.3) is 0 Å². The van der Waals surface area contributed by atoms with Crippen LogP contribution >= 0.6 is 0 Å². The molecule has 0 aliphatic heterocycles. The SMILES string of the molecule is C/C=C\C(=C/CC)C1(c2ccccc2)CC(C)(C)c2ccccc21. The van der Waals surface area contributed by atoms with Crippen molar-refractivity contribution in [2.75, 3.05) is 0 Å². The molecule has 0 spiro atoms. The lowest BCUT2D eigenvalue weighted by Gasteiger charge is -2.35. The number of fused-ring (bicyclic) bond motifs is 1. The maximum Gasteiger partial charge on any atom is 0.0459 e. The van der Waals surface area contributed by atoms with E-state index in [1.54, 1.807) is 0 Å². The Hall–Kier alpha value is -2.08. The van der Waals surface area contributed by atoms with Gasteiger partial charge in [0.1, 0.15) is 0 Å². The molecular formula is C24H28. The van der Waals surface area contributed by atoms with Crippen molar-refractivity contribution < 1.29 is 0 Å². The summed E-state index contributed by atoms with van der Waals surface area (Å²) < 4.78 is 0. The van der Waals surface area contributed by atoms with E-state index in [0.717, 1.165) is 12.8 Å². The van der Waals surface area contributed by atoms with E-state index in [4.69, 9.17) is 0 Å². The van der Waals surface area contributed by atoms with Gasteiger partial charge in [0.2, 0.25) is 0 Å². The highest BCUT2D eigenvalue weighted by atomic mass is 14.5. The molecule has 1 atom stereocenters. The maximum absolute atomic E-state index is 2.41. The van der Waals surface area contributed by atoms with E-state index in [0.29, 0.717) is 0 Å². The molecule has 0 aromatic heterocycles. The van der Waals surface area contributed by atoms with Gasteiger partial charge in [-0.15, -0.1) is 0 Å². The Morgan fingerprint density at radius 1 is 0.958 bits per heavy atom. The van der Waals surface area contributed by atoms with Crippen molar-refractivity contribution in [1.29, 1.82) is 0 Å². The van der Waals surface area contributed by atoms with Gasteiger partial charge in [-0.3, -0.25) is 0 Å². The average molecular weight is 316 g/mol. The monoisotopic (exact) mass is 316 g/mol. The summed E-state index contributed by atoms with van der Waals surface area (Å²) in [5.74, 6) is 0. The predicted molar refractivity (Wildman–Crippen MR) is 104 cm³/mol. The third-order valence-corrected chi connectivity index (χ3v) is 5.35. The topological polar surface area (TPSA) is 0 Å². The van der Waals surface area contributed by atoms with E-state index in [-0.39, 0.29) is 10.8 Å². The van der Waals surface area contributed by atoms with Crippen LogP contribution in [0.5, 0.6) is 0 Å². The van der Waals surface area contributed by atoms with Gasteiger partial charge in [0.15, 0.2) is 0 Å². The normalized spacial score (nSPS) is 22.8. The highest BCUT2D eigenvalue weighted by molar-refractivity contribution is 5.60. The summed E-state index contributed by atoms with van der Waals surface area (Å²) >= 11 is 0. The van der Waals surface area contributed by atoms with Crippen LogP contribution < -0.4 is 0 Å². The first kappa shape index (κ1) is 16.8. The first-order chi connectivity index (χ1) is 11.6. The van der Waals surface area contributed by atoms with Crippen molar-refractivity contribution in [2.24, 2.45) is 0 Å². The van der Waals surface area contributed by atoms with E-state index in [1.165, 1.54) is 22.3 Å². The number of benzene rings is 2. The van der Waals surface area contributed by atoms with Crippen LogP contribution in [0.2, 0.25) is 0 Å². The van der Waals surface area contributed by atoms with Gasteiger partial charge in [0, 0.05) is 5.41 Å². The van der Waals surface area contributed by atoms with E-state index in [2.05, 4.69) is 101 Å². The molecule has 0 saturated heterocycles. The molecule has 0 fully saturated rings. The lowest BCUT2D eigenvalue weighted by molar-refractivity contribution is 0.443. The fourth-order valence-corrected chi connectivity index (χ4v) is 4.49. The molecule has 0 nitrogen and oxygen atoms in total. The first-order valence-corrected chi connectivity index (χ1v) is 9.05. The average Bonchev–Trinajstić information content (AvgIpc) is 2.85. The second kappa shape index (κ2) is 6.43. The fourth-order valence-electron chi connectivity index (χ4n) is 4.49. The second-order valence-electron chi connectivity index (χ2n) is 7.45. The van der Waals surface area contributed by atoms with Crippen molar-refractivity contribution in [3.63, 3.8) is 0 Å². The minimum Gasteiger partial charge on any atom is -0.0874 e. The van der Waals surface area contributed by atoms with E-state index in [1.807, 2.05) is 0 Å². The summed E-state index contributed by atoms with van der Waals surface area (Å²) in [6.45, 7) is 9.12. The molecule has 1 unspecified atom stereocenters. The minimum absolute atomic E-state index is 0.0517. The molecule has 0 heteroatoms. The summed E-state index contributed by atoms with van der Waals surface area (Å²) in [5.41, 5.74) is 5.90. The Labute approximate surface area is 146 Å². The van der Waals surface area contributed by atoms with Crippen molar-refractivity contribution >= 4 is 0 Å². The highest BCUT2D eigenvalue weighted by Crippen LogP contribution is 2.56. The molecule has 0 N–H and O–H groups in total. The van der Waals surface area contributed by atoms with Crippen LogP contribution in [0.1, 0.15) is 57.2 Å². The molecule has 1 aliphatic rings. The highest BCUT2D eigenvalue weighted by Gasteiger charge is 2.49. The largest absolute Gasteiger partial charge is 0.0874 e. The molecule has 2 aromatic carbocycles. The Kier molecular flexibility index (Phi) is 4.49. The van der Waals surface area contributed by atoms with Gasteiger partial charge in [-0.05, 0) is 47.4 Å².